The largest absolute Gasteiger partial charge is 0.493 e. The van der Waals surface area contributed by atoms with Crippen LogP contribution in [-0.4, -0.2) is 24.7 Å². The predicted molar refractivity (Wildman–Crippen MR) is 117 cm³/mol. The quantitative estimate of drug-likeness (QED) is 0.306. The van der Waals surface area contributed by atoms with Crippen LogP contribution in [-0.2, 0) is 6.42 Å². The number of para-hydroxylation sites is 1. The van der Waals surface area contributed by atoms with Crippen LogP contribution >= 0.6 is 0 Å². The molecule has 0 radical (unpaired) electrons. The molecular weight excluding hydrogens is 332 g/mol. The Bertz CT molecular complexity index is 865. The molecule has 1 aromatic heterocycles. The van der Waals surface area contributed by atoms with Gasteiger partial charge in [-0.3, -0.25) is 0 Å². The Labute approximate surface area is 162 Å². The van der Waals surface area contributed by atoms with E-state index in [-0.39, 0.29) is 0 Å². The minimum atomic E-state index is 0.734. The Morgan fingerprint density at radius 1 is 1.00 bits per heavy atom. The number of aromatic nitrogens is 1. The van der Waals surface area contributed by atoms with Crippen molar-refractivity contribution < 1.29 is 4.74 Å². The van der Waals surface area contributed by atoms with Crippen LogP contribution in [0.4, 0.5) is 0 Å². The molecule has 0 unspecified atom stereocenters. The van der Waals surface area contributed by atoms with Crippen LogP contribution in [0.15, 0.2) is 49.1 Å². The summed E-state index contributed by atoms with van der Waals surface area (Å²) in [6.45, 7) is 9.04. The zero-order valence-electron chi connectivity index (χ0n) is 16.5. The highest BCUT2D eigenvalue weighted by Crippen LogP contribution is 2.33. The summed E-state index contributed by atoms with van der Waals surface area (Å²) < 4.78 is 6.13. The minimum absolute atomic E-state index is 0.734. The zero-order chi connectivity index (χ0) is 18.9. The van der Waals surface area contributed by atoms with Gasteiger partial charge in [0, 0.05) is 21.9 Å². The number of rotatable bonds is 12. The number of fused-ring (bicyclic) bond motifs is 3. The molecule has 0 saturated carbocycles. The zero-order valence-corrected chi connectivity index (χ0v) is 16.5. The van der Waals surface area contributed by atoms with Gasteiger partial charge in [-0.1, -0.05) is 50.5 Å². The van der Waals surface area contributed by atoms with E-state index < -0.39 is 0 Å². The Hall–Kier alpha value is -2.26. The third-order valence-electron chi connectivity index (χ3n) is 5.06. The van der Waals surface area contributed by atoms with Crippen molar-refractivity contribution in [3.05, 3.63) is 54.6 Å². The number of H-pyrrole nitrogens is 1. The second-order valence-electron chi connectivity index (χ2n) is 7.14. The molecule has 2 aromatic carbocycles. The fourth-order valence-electron chi connectivity index (χ4n) is 3.62. The lowest BCUT2D eigenvalue weighted by atomic mass is 10.1. The number of nitrogens with one attached hydrogen (secondary N) is 2. The first kappa shape index (κ1) is 19.5. The van der Waals surface area contributed by atoms with Gasteiger partial charge < -0.3 is 15.0 Å². The van der Waals surface area contributed by atoms with Gasteiger partial charge >= 0.3 is 0 Å². The van der Waals surface area contributed by atoms with Crippen LogP contribution in [0.3, 0.4) is 0 Å². The summed E-state index contributed by atoms with van der Waals surface area (Å²) in [6.07, 6.45) is 9.01. The summed E-state index contributed by atoms with van der Waals surface area (Å²) in [5.41, 5.74) is 3.54. The Balaban J connectivity index is 1.60. The SMILES string of the molecule is C=CCc1c(OCCCNCCCCCC)ccc2c1[nH]c1ccccc12. The molecule has 0 atom stereocenters. The van der Waals surface area contributed by atoms with Gasteiger partial charge in [-0.25, -0.2) is 0 Å². The van der Waals surface area contributed by atoms with Crippen molar-refractivity contribution in [2.24, 2.45) is 0 Å². The highest BCUT2D eigenvalue weighted by atomic mass is 16.5. The monoisotopic (exact) mass is 364 g/mol. The molecular formula is C24H32N2O. The second kappa shape index (κ2) is 10.2. The van der Waals surface area contributed by atoms with Crippen molar-refractivity contribution in [1.82, 2.24) is 10.3 Å². The van der Waals surface area contributed by atoms with Crippen LogP contribution in [0.25, 0.3) is 21.8 Å². The van der Waals surface area contributed by atoms with Crippen LogP contribution < -0.4 is 10.1 Å². The number of aromatic amines is 1. The maximum atomic E-state index is 6.13. The third-order valence-corrected chi connectivity index (χ3v) is 5.06. The summed E-state index contributed by atoms with van der Waals surface area (Å²) >= 11 is 0. The van der Waals surface area contributed by atoms with E-state index in [2.05, 4.69) is 60.2 Å². The molecule has 0 bridgehead atoms. The van der Waals surface area contributed by atoms with Crippen LogP contribution in [0.2, 0.25) is 0 Å². The molecule has 3 aromatic rings. The Morgan fingerprint density at radius 2 is 1.85 bits per heavy atom. The highest BCUT2D eigenvalue weighted by Gasteiger charge is 2.12. The average Bonchev–Trinajstić information content (AvgIpc) is 3.07. The number of ether oxygens (including phenoxy) is 1. The first-order chi connectivity index (χ1) is 13.3. The number of allylic oxidation sites excluding steroid dienone is 1. The lowest BCUT2D eigenvalue weighted by Gasteiger charge is -2.12. The fraction of sp³-hybridized carbons (Fsp3) is 0.417. The molecule has 0 fully saturated rings. The molecule has 1 heterocycles. The predicted octanol–water partition coefficient (Wildman–Crippen LogP) is 5.99. The maximum absolute atomic E-state index is 6.13. The first-order valence-electron chi connectivity index (χ1n) is 10.3. The van der Waals surface area contributed by atoms with Gasteiger partial charge in [-0.2, -0.15) is 0 Å². The molecule has 0 amide bonds. The molecule has 27 heavy (non-hydrogen) atoms. The van der Waals surface area contributed by atoms with E-state index in [1.165, 1.54) is 53.1 Å². The van der Waals surface area contributed by atoms with Crippen LogP contribution in [0.1, 0.15) is 44.6 Å². The smallest absolute Gasteiger partial charge is 0.124 e. The molecule has 0 aliphatic carbocycles. The summed E-state index contributed by atoms with van der Waals surface area (Å²) in [5, 5.41) is 6.03. The van der Waals surface area contributed by atoms with E-state index in [0.717, 1.165) is 38.3 Å². The van der Waals surface area contributed by atoms with E-state index in [1.54, 1.807) is 0 Å². The number of hydrogen-bond donors (Lipinski definition) is 2. The number of benzene rings is 2. The van der Waals surface area contributed by atoms with Gasteiger partial charge in [-0.05, 0) is 50.6 Å². The summed E-state index contributed by atoms with van der Waals surface area (Å²) in [4.78, 5) is 3.57. The normalized spacial score (nSPS) is 11.3. The topological polar surface area (TPSA) is 37.0 Å². The fourth-order valence-corrected chi connectivity index (χ4v) is 3.62. The van der Waals surface area contributed by atoms with Gasteiger partial charge in [0.25, 0.3) is 0 Å². The minimum Gasteiger partial charge on any atom is -0.493 e. The highest BCUT2D eigenvalue weighted by molar-refractivity contribution is 6.08. The molecule has 0 spiro atoms. The Kier molecular flexibility index (Phi) is 7.35. The van der Waals surface area contributed by atoms with Gasteiger partial charge in [0.05, 0.1) is 12.1 Å². The van der Waals surface area contributed by atoms with Gasteiger partial charge in [0.15, 0.2) is 0 Å². The molecule has 2 N–H and O–H groups in total. The van der Waals surface area contributed by atoms with Crippen molar-refractivity contribution >= 4 is 21.8 Å². The van der Waals surface area contributed by atoms with E-state index >= 15 is 0 Å². The van der Waals surface area contributed by atoms with Gasteiger partial charge in [0.1, 0.15) is 5.75 Å². The Morgan fingerprint density at radius 3 is 2.70 bits per heavy atom. The summed E-state index contributed by atoms with van der Waals surface area (Å²) in [6, 6.07) is 12.7. The first-order valence-corrected chi connectivity index (χ1v) is 10.3. The van der Waals surface area contributed by atoms with Crippen molar-refractivity contribution in [1.29, 1.82) is 0 Å². The van der Waals surface area contributed by atoms with E-state index in [1.807, 2.05) is 6.08 Å². The van der Waals surface area contributed by atoms with Crippen molar-refractivity contribution in [2.45, 2.75) is 45.4 Å². The summed E-state index contributed by atoms with van der Waals surface area (Å²) in [5.74, 6) is 0.969. The molecule has 144 valence electrons. The molecule has 0 aliphatic heterocycles. The maximum Gasteiger partial charge on any atom is 0.124 e. The summed E-state index contributed by atoms with van der Waals surface area (Å²) in [7, 11) is 0. The number of unbranched alkanes of at least 4 members (excludes halogenated alkanes) is 3. The van der Waals surface area contributed by atoms with E-state index in [9.17, 15) is 0 Å². The average molecular weight is 365 g/mol. The molecule has 0 aliphatic rings. The molecule has 3 rings (SSSR count). The lowest BCUT2D eigenvalue weighted by Crippen LogP contribution is -2.18. The van der Waals surface area contributed by atoms with Gasteiger partial charge in [0.2, 0.25) is 0 Å². The molecule has 0 saturated heterocycles. The van der Waals surface area contributed by atoms with Crippen LogP contribution in [0.5, 0.6) is 5.75 Å². The van der Waals surface area contributed by atoms with Crippen molar-refractivity contribution in [2.75, 3.05) is 19.7 Å². The van der Waals surface area contributed by atoms with Gasteiger partial charge in [-0.15, -0.1) is 6.58 Å². The van der Waals surface area contributed by atoms with Crippen molar-refractivity contribution in [3.63, 3.8) is 0 Å². The van der Waals surface area contributed by atoms with E-state index in [4.69, 9.17) is 4.74 Å². The van der Waals surface area contributed by atoms with E-state index in [0.29, 0.717) is 0 Å². The lowest BCUT2D eigenvalue weighted by molar-refractivity contribution is 0.306. The third kappa shape index (κ3) is 4.92. The van der Waals surface area contributed by atoms with Crippen LogP contribution in [0, 0.1) is 0 Å². The van der Waals surface area contributed by atoms with Crippen molar-refractivity contribution in [3.8, 4) is 5.75 Å². The molecule has 3 heteroatoms. The number of hydrogen-bond acceptors (Lipinski definition) is 2. The second-order valence-corrected chi connectivity index (χ2v) is 7.14. The molecule has 3 nitrogen and oxygen atoms in total. The standard InChI is InChI=1S/C24H32N2O/c1-3-5-6-9-16-25-17-10-18-27-23-15-14-20-19-12-7-8-13-22(19)26-24(20)21(23)11-4-2/h4,7-8,12-15,25-26H,2-3,5-6,9-11,16-18H2,1H3.